The van der Waals surface area contributed by atoms with Crippen LogP contribution in [0.3, 0.4) is 0 Å². The van der Waals surface area contributed by atoms with E-state index < -0.39 is 10.0 Å². The van der Waals surface area contributed by atoms with Gasteiger partial charge in [-0.25, -0.2) is 12.7 Å². The van der Waals surface area contributed by atoms with Crippen molar-refractivity contribution < 1.29 is 8.42 Å². The van der Waals surface area contributed by atoms with Gasteiger partial charge < -0.3 is 5.32 Å². The Morgan fingerprint density at radius 3 is 2.14 bits per heavy atom. The van der Waals surface area contributed by atoms with E-state index >= 15 is 0 Å². The van der Waals surface area contributed by atoms with E-state index in [0.29, 0.717) is 19.0 Å². The van der Waals surface area contributed by atoms with Gasteiger partial charge in [-0.3, -0.25) is 0 Å². The van der Waals surface area contributed by atoms with Gasteiger partial charge in [0.1, 0.15) is 0 Å². The number of nitrogens with one attached hydrogen (secondary N) is 1. The van der Waals surface area contributed by atoms with E-state index in [1.54, 1.807) is 4.31 Å². The number of hydrogen-bond acceptors (Lipinski definition) is 3. The molecule has 0 aliphatic carbocycles. The van der Waals surface area contributed by atoms with Crippen LogP contribution in [0.5, 0.6) is 0 Å². The van der Waals surface area contributed by atoms with Gasteiger partial charge in [0.05, 0.1) is 5.75 Å². The second kappa shape index (κ2) is 8.51. The third-order valence-electron chi connectivity index (χ3n) is 3.27. The summed E-state index contributed by atoms with van der Waals surface area (Å²) in [7, 11) is -3.23. The van der Waals surface area contributed by atoms with Gasteiger partial charge >= 0.3 is 0 Å². The Kier molecular flexibility index (Phi) is 7.35. The van der Waals surface area contributed by atoms with Gasteiger partial charge in [-0.2, -0.15) is 0 Å². The summed E-state index contributed by atoms with van der Waals surface area (Å²) >= 11 is 0. The summed E-state index contributed by atoms with van der Waals surface area (Å²) in [6, 6.07) is 7.80. The summed E-state index contributed by atoms with van der Waals surface area (Å²) in [5.41, 5.74) is 2.02. The Labute approximate surface area is 129 Å². The molecule has 4 nitrogen and oxygen atoms in total. The maximum atomic E-state index is 12.4. The maximum Gasteiger partial charge on any atom is 0.218 e. The van der Waals surface area contributed by atoms with E-state index in [1.807, 2.05) is 45.0 Å². The van der Waals surface area contributed by atoms with E-state index in [4.69, 9.17) is 0 Å². The lowest BCUT2D eigenvalue weighted by Crippen LogP contribution is -2.34. The molecule has 0 spiro atoms. The summed E-state index contributed by atoms with van der Waals surface area (Å²) in [4.78, 5) is 0. The Balaban J connectivity index is 2.74. The van der Waals surface area contributed by atoms with Crippen molar-refractivity contribution in [3.8, 4) is 0 Å². The number of rotatable bonds is 9. The fourth-order valence-corrected chi connectivity index (χ4v) is 3.89. The van der Waals surface area contributed by atoms with E-state index in [1.165, 1.54) is 5.56 Å². The van der Waals surface area contributed by atoms with Crippen molar-refractivity contribution in [1.29, 1.82) is 0 Å². The Morgan fingerprint density at radius 1 is 1.10 bits per heavy atom. The lowest BCUT2D eigenvalue weighted by molar-refractivity contribution is 0.380. The summed E-state index contributed by atoms with van der Waals surface area (Å²) in [5, 5.41) is 3.25. The van der Waals surface area contributed by atoms with Crippen molar-refractivity contribution in [2.24, 2.45) is 5.92 Å². The van der Waals surface area contributed by atoms with E-state index in [-0.39, 0.29) is 5.75 Å². The van der Waals surface area contributed by atoms with Crippen LogP contribution in [0.4, 0.5) is 0 Å². The third-order valence-corrected chi connectivity index (χ3v) is 5.16. The first-order valence-electron chi connectivity index (χ1n) is 7.65. The van der Waals surface area contributed by atoms with Crippen LogP contribution in [0.25, 0.3) is 0 Å². The van der Waals surface area contributed by atoms with Crippen molar-refractivity contribution in [2.45, 2.75) is 40.0 Å². The first-order valence-corrected chi connectivity index (χ1v) is 9.26. The highest BCUT2D eigenvalue weighted by Crippen LogP contribution is 2.13. The largest absolute Gasteiger partial charge is 0.313 e. The lowest BCUT2D eigenvalue weighted by Gasteiger charge is -2.22. The fourth-order valence-electron chi connectivity index (χ4n) is 2.17. The van der Waals surface area contributed by atoms with Gasteiger partial charge in [-0.15, -0.1) is 0 Å². The number of hydrogen-bond donors (Lipinski definition) is 1. The van der Waals surface area contributed by atoms with Gasteiger partial charge in [-0.05, 0) is 23.6 Å². The number of nitrogens with zero attached hydrogens (tertiary/aromatic N) is 1. The van der Waals surface area contributed by atoms with Gasteiger partial charge in [-0.1, -0.05) is 52.0 Å². The topological polar surface area (TPSA) is 49.4 Å². The van der Waals surface area contributed by atoms with Crippen LogP contribution in [0, 0.1) is 5.92 Å². The zero-order valence-electron chi connectivity index (χ0n) is 13.6. The van der Waals surface area contributed by atoms with E-state index in [9.17, 15) is 8.42 Å². The average molecular weight is 312 g/mol. The van der Waals surface area contributed by atoms with Gasteiger partial charge in [0.15, 0.2) is 0 Å². The molecule has 1 N–H and O–H groups in total. The smallest absolute Gasteiger partial charge is 0.218 e. The van der Waals surface area contributed by atoms with Gasteiger partial charge in [0.25, 0.3) is 0 Å². The summed E-state index contributed by atoms with van der Waals surface area (Å²) in [6.07, 6.45) is 0. The molecule has 0 radical (unpaired) electrons. The van der Waals surface area contributed by atoms with Crippen LogP contribution in [0.1, 0.15) is 38.8 Å². The van der Waals surface area contributed by atoms with Crippen LogP contribution in [-0.4, -0.2) is 32.4 Å². The van der Waals surface area contributed by atoms with Gasteiger partial charge in [0, 0.05) is 19.6 Å². The van der Waals surface area contributed by atoms with Crippen molar-refractivity contribution in [1.82, 2.24) is 9.62 Å². The van der Waals surface area contributed by atoms with E-state index in [2.05, 4.69) is 12.2 Å². The maximum absolute atomic E-state index is 12.4. The molecule has 1 aromatic rings. The fraction of sp³-hybridized carbons (Fsp3) is 0.625. The lowest BCUT2D eigenvalue weighted by atomic mass is 10.1. The van der Waals surface area contributed by atoms with Crippen LogP contribution in [0.2, 0.25) is 0 Å². The predicted octanol–water partition coefficient (Wildman–Crippen LogP) is 2.60. The van der Waals surface area contributed by atoms with Crippen molar-refractivity contribution in [3.63, 3.8) is 0 Å². The summed E-state index contributed by atoms with van der Waals surface area (Å²) in [6.45, 7) is 10.9. The molecule has 0 saturated carbocycles. The van der Waals surface area contributed by atoms with Crippen LogP contribution < -0.4 is 5.32 Å². The molecule has 0 amide bonds. The SMILES string of the molecule is CCNCc1ccc(CS(=O)(=O)N(CC)CC(C)C)cc1. The Hall–Kier alpha value is -0.910. The second-order valence-corrected chi connectivity index (χ2v) is 7.67. The van der Waals surface area contributed by atoms with E-state index in [0.717, 1.165) is 18.7 Å². The monoisotopic (exact) mass is 312 g/mol. The zero-order chi connectivity index (χ0) is 15.9. The molecule has 0 fully saturated rings. The minimum absolute atomic E-state index is 0.0784. The summed E-state index contributed by atoms with van der Waals surface area (Å²) < 4.78 is 26.4. The molecular formula is C16H28N2O2S. The number of sulfonamides is 1. The minimum Gasteiger partial charge on any atom is -0.313 e. The molecule has 5 heteroatoms. The molecular weight excluding hydrogens is 284 g/mol. The molecule has 0 bridgehead atoms. The Morgan fingerprint density at radius 2 is 1.67 bits per heavy atom. The van der Waals surface area contributed by atoms with Crippen LogP contribution >= 0.6 is 0 Å². The highest BCUT2D eigenvalue weighted by atomic mass is 32.2. The highest BCUT2D eigenvalue weighted by Gasteiger charge is 2.21. The predicted molar refractivity (Wildman–Crippen MR) is 88.5 cm³/mol. The van der Waals surface area contributed by atoms with Crippen LogP contribution in [-0.2, 0) is 22.3 Å². The average Bonchev–Trinajstić information content (AvgIpc) is 2.43. The Bertz CT molecular complexity index is 510. The number of benzene rings is 1. The van der Waals surface area contributed by atoms with Crippen LogP contribution in [0.15, 0.2) is 24.3 Å². The molecule has 0 unspecified atom stereocenters. The summed E-state index contributed by atoms with van der Waals surface area (Å²) in [5.74, 6) is 0.414. The molecule has 1 aromatic carbocycles. The third kappa shape index (κ3) is 6.16. The molecule has 0 aliphatic rings. The molecule has 0 saturated heterocycles. The quantitative estimate of drug-likeness (QED) is 0.762. The first kappa shape index (κ1) is 18.1. The molecule has 0 atom stereocenters. The molecule has 120 valence electrons. The van der Waals surface area contributed by atoms with Crippen molar-refractivity contribution in [3.05, 3.63) is 35.4 Å². The zero-order valence-corrected chi connectivity index (χ0v) is 14.4. The normalized spacial score (nSPS) is 12.3. The van der Waals surface area contributed by atoms with Crippen molar-refractivity contribution >= 4 is 10.0 Å². The first-order chi connectivity index (χ1) is 9.89. The van der Waals surface area contributed by atoms with Gasteiger partial charge in [0.2, 0.25) is 10.0 Å². The van der Waals surface area contributed by atoms with Crippen molar-refractivity contribution in [2.75, 3.05) is 19.6 Å². The standard InChI is InChI=1S/C16H28N2O2S/c1-5-17-11-15-7-9-16(10-8-15)13-21(19,20)18(6-2)12-14(3)4/h7-10,14,17H,5-6,11-13H2,1-4H3. The molecule has 0 aromatic heterocycles. The molecule has 1 rings (SSSR count). The molecule has 0 aliphatic heterocycles. The molecule has 21 heavy (non-hydrogen) atoms. The molecule has 0 heterocycles. The highest BCUT2D eigenvalue weighted by molar-refractivity contribution is 7.88. The minimum atomic E-state index is -3.23. The second-order valence-electron chi connectivity index (χ2n) is 5.70.